The summed E-state index contributed by atoms with van der Waals surface area (Å²) in [6, 6.07) is 8.25. The maximum Gasteiger partial charge on any atom is 0.153 e. The molecule has 0 saturated carbocycles. The number of aromatic nitrogens is 1. The van der Waals surface area contributed by atoms with Crippen LogP contribution in [0, 0.1) is 13.8 Å². The average molecular weight is 255 g/mol. The first kappa shape index (κ1) is 13.4. The second-order valence-electron chi connectivity index (χ2n) is 5.21. The predicted octanol–water partition coefficient (Wildman–Crippen LogP) is 4.15. The Hall–Kier alpha value is -2.03. The van der Waals surface area contributed by atoms with E-state index < -0.39 is 0 Å². The van der Waals surface area contributed by atoms with E-state index in [-0.39, 0.29) is 0 Å². The van der Waals surface area contributed by atoms with E-state index in [9.17, 15) is 0 Å². The first-order chi connectivity index (χ1) is 9.00. The molecule has 0 amide bonds. The van der Waals surface area contributed by atoms with Crippen molar-refractivity contribution in [3.05, 3.63) is 47.2 Å². The summed E-state index contributed by atoms with van der Waals surface area (Å²) in [6.07, 6.45) is 1.78. The summed E-state index contributed by atoms with van der Waals surface area (Å²) in [5.74, 6) is 1.18. The lowest BCUT2D eigenvalue weighted by Crippen LogP contribution is -2.05. The molecule has 3 heteroatoms. The lowest BCUT2D eigenvalue weighted by Gasteiger charge is -2.18. The fourth-order valence-electron chi connectivity index (χ4n) is 2.13. The van der Waals surface area contributed by atoms with Crippen LogP contribution in [0.1, 0.15) is 36.5 Å². The summed E-state index contributed by atoms with van der Waals surface area (Å²) in [5.41, 5.74) is 11.4. The number of nitrogens with one attached hydrogen (secondary N) is 1. The molecule has 0 unspecified atom stereocenters. The van der Waals surface area contributed by atoms with Gasteiger partial charge in [-0.15, -0.1) is 0 Å². The zero-order valence-corrected chi connectivity index (χ0v) is 12.0. The monoisotopic (exact) mass is 255 g/mol. The largest absolute Gasteiger partial charge is 0.396 e. The third kappa shape index (κ3) is 2.70. The molecule has 0 radical (unpaired) electrons. The third-order valence-corrected chi connectivity index (χ3v) is 3.38. The number of rotatable bonds is 3. The fraction of sp³-hybridized carbons (Fsp3) is 0.312. The summed E-state index contributed by atoms with van der Waals surface area (Å²) < 4.78 is 0. The zero-order valence-electron chi connectivity index (χ0n) is 12.0. The number of hydrogen-bond acceptors (Lipinski definition) is 3. The Kier molecular flexibility index (Phi) is 3.74. The van der Waals surface area contributed by atoms with Gasteiger partial charge in [0.1, 0.15) is 0 Å². The van der Waals surface area contributed by atoms with E-state index in [0.29, 0.717) is 11.6 Å². The van der Waals surface area contributed by atoms with Gasteiger partial charge in [0.15, 0.2) is 5.82 Å². The molecule has 1 heterocycles. The Bertz CT molecular complexity index is 589. The van der Waals surface area contributed by atoms with Gasteiger partial charge in [-0.2, -0.15) is 0 Å². The van der Waals surface area contributed by atoms with Crippen LogP contribution in [0.25, 0.3) is 0 Å². The number of pyridine rings is 1. The quantitative estimate of drug-likeness (QED) is 0.866. The first-order valence-corrected chi connectivity index (χ1v) is 6.58. The van der Waals surface area contributed by atoms with Crippen molar-refractivity contribution in [1.29, 1.82) is 0 Å². The van der Waals surface area contributed by atoms with Gasteiger partial charge in [0, 0.05) is 11.9 Å². The molecule has 0 saturated heterocycles. The Labute approximate surface area is 114 Å². The molecule has 0 aliphatic carbocycles. The van der Waals surface area contributed by atoms with E-state index in [2.05, 4.69) is 49.3 Å². The lowest BCUT2D eigenvalue weighted by molar-refractivity contribution is 0.867. The predicted molar refractivity (Wildman–Crippen MR) is 81.9 cm³/mol. The van der Waals surface area contributed by atoms with Crippen molar-refractivity contribution in [3.63, 3.8) is 0 Å². The number of aryl methyl sites for hydroxylation is 2. The first-order valence-electron chi connectivity index (χ1n) is 6.58. The summed E-state index contributed by atoms with van der Waals surface area (Å²) >= 11 is 0. The molecule has 100 valence electrons. The highest BCUT2D eigenvalue weighted by Crippen LogP contribution is 2.31. The van der Waals surface area contributed by atoms with Gasteiger partial charge in [-0.1, -0.05) is 32.0 Å². The van der Waals surface area contributed by atoms with E-state index in [1.54, 1.807) is 6.20 Å². The number of nitrogens with two attached hydrogens (primary N) is 1. The molecular weight excluding hydrogens is 234 g/mol. The van der Waals surface area contributed by atoms with Crippen LogP contribution in [0.2, 0.25) is 0 Å². The Morgan fingerprint density at radius 1 is 1.11 bits per heavy atom. The van der Waals surface area contributed by atoms with Gasteiger partial charge in [0.25, 0.3) is 0 Å². The zero-order chi connectivity index (χ0) is 14.0. The average Bonchev–Trinajstić information content (AvgIpc) is 2.36. The van der Waals surface area contributed by atoms with Gasteiger partial charge >= 0.3 is 0 Å². The van der Waals surface area contributed by atoms with Crippen molar-refractivity contribution in [1.82, 2.24) is 4.98 Å². The molecule has 0 aliphatic rings. The molecule has 0 aliphatic heterocycles. The molecule has 19 heavy (non-hydrogen) atoms. The lowest BCUT2D eigenvalue weighted by atomic mass is 9.98. The Morgan fingerprint density at radius 3 is 2.53 bits per heavy atom. The molecule has 1 aromatic heterocycles. The van der Waals surface area contributed by atoms with Crippen LogP contribution >= 0.6 is 0 Å². The smallest absolute Gasteiger partial charge is 0.153 e. The minimum absolute atomic E-state index is 0.452. The summed E-state index contributed by atoms with van der Waals surface area (Å²) in [4.78, 5) is 4.34. The molecule has 0 atom stereocenters. The van der Waals surface area contributed by atoms with Gasteiger partial charge < -0.3 is 11.1 Å². The Balaban J connectivity index is 2.46. The van der Waals surface area contributed by atoms with Crippen LogP contribution in [0.15, 0.2) is 30.5 Å². The van der Waals surface area contributed by atoms with Crippen LogP contribution in [-0.4, -0.2) is 4.98 Å². The topological polar surface area (TPSA) is 50.9 Å². The van der Waals surface area contributed by atoms with Crippen molar-refractivity contribution in [2.24, 2.45) is 0 Å². The minimum atomic E-state index is 0.452. The van der Waals surface area contributed by atoms with Crippen molar-refractivity contribution < 1.29 is 0 Å². The highest BCUT2D eigenvalue weighted by molar-refractivity contribution is 5.74. The number of nitrogens with zero attached hydrogens (tertiary/aromatic N) is 1. The molecule has 2 rings (SSSR count). The van der Waals surface area contributed by atoms with Crippen LogP contribution in [-0.2, 0) is 0 Å². The van der Waals surface area contributed by atoms with E-state index >= 15 is 0 Å². The molecule has 2 aromatic rings. The second-order valence-corrected chi connectivity index (χ2v) is 5.21. The van der Waals surface area contributed by atoms with Crippen molar-refractivity contribution in [2.45, 2.75) is 33.6 Å². The molecule has 1 aromatic carbocycles. The SMILES string of the molecule is Cc1ccnc(Nc2c(C)cccc2C(C)C)c1N. The van der Waals surface area contributed by atoms with Crippen LogP contribution < -0.4 is 11.1 Å². The second kappa shape index (κ2) is 5.31. The Morgan fingerprint density at radius 2 is 1.84 bits per heavy atom. The van der Waals surface area contributed by atoms with Crippen LogP contribution in [0.3, 0.4) is 0 Å². The number of nitrogen functional groups attached to an aromatic ring is 1. The number of para-hydroxylation sites is 1. The highest BCUT2D eigenvalue weighted by atomic mass is 15.0. The summed E-state index contributed by atoms with van der Waals surface area (Å²) in [5, 5.41) is 3.40. The van der Waals surface area contributed by atoms with Gasteiger partial charge in [-0.3, -0.25) is 0 Å². The van der Waals surface area contributed by atoms with Crippen molar-refractivity contribution >= 4 is 17.2 Å². The van der Waals surface area contributed by atoms with E-state index in [1.807, 2.05) is 13.0 Å². The van der Waals surface area contributed by atoms with E-state index in [1.165, 1.54) is 11.1 Å². The minimum Gasteiger partial charge on any atom is -0.396 e. The van der Waals surface area contributed by atoms with E-state index in [4.69, 9.17) is 5.73 Å². The van der Waals surface area contributed by atoms with Crippen molar-refractivity contribution in [2.75, 3.05) is 11.1 Å². The van der Waals surface area contributed by atoms with Crippen LogP contribution in [0.4, 0.5) is 17.2 Å². The van der Waals surface area contributed by atoms with Gasteiger partial charge in [0.05, 0.1) is 5.69 Å². The van der Waals surface area contributed by atoms with Crippen molar-refractivity contribution in [3.8, 4) is 0 Å². The molecular formula is C16H21N3. The maximum atomic E-state index is 6.08. The summed E-state index contributed by atoms with van der Waals surface area (Å²) in [7, 11) is 0. The maximum absolute atomic E-state index is 6.08. The molecule has 3 nitrogen and oxygen atoms in total. The van der Waals surface area contributed by atoms with Gasteiger partial charge in [-0.05, 0) is 42.5 Å². The molecule has 3 N–H and O–H groups in total. The molecule has 0 bridgehead atoms. The number of hydrogen-bond donors (Lipinski definition) is 2. The van der Waals surface area contributed by atoms with Crippen LogP contribution in [0.5, 0.6) is 0 Å². The highest BCUT2D eigenvalue weighted by Gasteiger charge is 2.11. The molecule has 0 spiro atoms. The fourth-order valence-corrected chi connectivity index (χ4v) is 2.13. The standard InChI is InChI=1S/C16H21N3/c1-10(2)13-7-5-6-12(4)15(13)19-16-14(17)11(3)8-9-18-16/h5-10H,17H2,1-4H3,(H,18,19). The van der Waals surface area contributed by atoms with Gasteiger partial charge in [0.2, 0.25) is 0 Å². The van der Waals surface area contributed by atoms with E-state index in [0.717, 1.165) is 17.1 Å². The molecule has 0 fully saturated rings. The normalized spacial score (nSPS) is 10.8. The third-order valence-electron chi connectivity index (χ3n) is 3.38. The number of anilines is 3. The number of benzene rings is 1. The summed E-state index contributed by atoms with van der Waals surface area (Å²) in [6.45, 7) is 8.46. The van der Waals surface area contributed by atoms with Gasteiger partial charge in [-0.25, -0.2) is 4.98 Å².